The maximum absolute atomic E-state index is 12.0. The summed E-state index contributed by atoms with van der Waals surface area (Å²) in [6.07, 6.45) is 0. The van der Waals surface area contributed by atoms with Gasteiger partial charge in [0.05, 0.1) is 11.3 Å². The zero-order valence-corrected chi connectivity index (χ0v) is 11.3. The lowest BCUT2D eigenvalue weighted by Gasteiger charge is -2.09. The van der Waals surface area contributed by atoms with Crippen molar-refractivity contribution in [3.05, 3.63) is 46.4 Å². The van der Waals surface area contributed by atoms with Gasteiger partial charge in [0.2, 0.25) is 0 Å². The Bertz CT molecular complexity index is 644. The van der Waals surface area contributed by atoms with Gasteiger partial charge >= 0.3 is 0 Å². The van der Waals surface area contributed by atoms with Crippen molar-refractivity contribution in [1.29, 1.82) is 0 Å². The summed E-state index contributed by atoms with van der Waals surface area (Å²) in [4.78, 5) is 12.0. The van der Waals surface area contributed by atoms with E-state index in [0.717, 1.165) is 6.07 Å². The Morgan fingerprint density at radius 1 is 1.16 bits per heavy atom. The van der Waals surface area contributed by atoms with Crippen LogP contribution in [0.2, 0.25) is 0 Å². The van der Waals surface area contributed by atoms with Crippen LogP contribution in [-0.4, -0.2) is 16.1 Å². The van der Waals surface area contributed by atoms with Crippen molar-refractivity contribution in [2.24, 2.45) is 0 Å². The van der Waals surface area contributed by atoms with Crippen LogP contribution in [0.1, 0.15) is 10.4 Å². The maximum atomic E-state index is 12.0. The number of nitrogens with one attached hydrogen (secondary N) is 1. The molecule has 6 heteroatoms. The Kier molecular flexibility index (Phi) is 3.62. The van der Waals surface area contributed by atoms with Gasteiger partial charge in [-0.05, 0) is 46.3 Å². The van der Waals surface area contributed by atoms with Gasteiger partial charge in [0.1, 0.15) is 11.5 Å². The van der Waals surface area contributed by atoms with Crippen molar-refractivity contribution in [2.75, 3.05) is 11.1 Å². The predicted molar refractivity (Wildman–Crippen MR) is 76.3 cm³/mol. The topological polar surface area (TPSA) is 95.6 Å². The molecule has 19 heavy (non-hydrogen) atoms. The van der Waals surface area contributed by atoms with Gasteiger partial charge < -0.3 is 21.3 Å². The minimum atomic E-state index is -0.496. The van der Waals surface area contributed by atoms with E-state index >= 15 is 0 Å². The number of nitrogen functional groups attached to an aromatic ring is 1. The average Bonchev–Trinajstić information content (AvgIpc) is 2.33. The molecule has 0 heterocycles. The number of benzene rings is 2. The first kappa shape index (κ1) is 13.2. The van der Waals surface area contributed by atoms with Gasteiger partial charge in [0.25, 0.3) is 5.91 Å². The third-order valence-corrected chi connectivity index (χ3v) is 3.16. The number of halogens is 1. The maximum Gasteiger partial charge on any atom is 0.259 e. The summed E-state index contributed by atoms with van der Waals surface area (Å²) in [6, 6.07) is 8.76. The molecule has 5 N–H and O–H groups in total. The minimum Gasteiger partial charge on any atom is -0.508 e. The Morgan fingerprint density at radius 2 is 1.89 bits per heavy atom. The van der Waals surface area contributed by atoms with Crippen LogP contribution in [-0.2, 0) is 0 Å². The molecule has 2 aromatic rings. The fourth-order valence-electron chi connectivity index (χ4n) is 1.54. The van der Waals surface area contributed by atoms with Gasteiger partial charge in [-0.2, -0.15) is 0 Å². The largest absolute Gasteiger partial charge is 0.508 e. The zero-order chi connectivity index (χ0) is 14.0. The fraction of sp³-hybridized carbons (Fsp3) is 0. The van der Waals surface area contributed by atoms with E-state index in [4.69, 9.17) is 5.73 Å². The van der Waals surface area contributed by atoms with Crippen LogP contribution in [0.3, 0.4) is 0 Å². The van der Waals surface area contributed by atoms with E-state index in [9.17, 15) is 15.0 Å². The summed E-state index contributed by atoms with van der Waals surface area (Å²) in [7, 11) is 0. The summed E-state index contributed by atoms with van der Waals surface area (Å²) in [5.41, 5.74) is 6.70. The molecule has 0 unspecified atom stereocenters. The summed E-state index contributed by atoms with van der Waals surface area (Å²) >= 11 is 3.29. The molecule has 0 saturated carbocycles. The Balaban J connectivity index is 2.28. The van der Waals surface area contributed by atoms with Gasteiger partial charge in [-0.3, -0.25) is 4.79 Å². The number of aromatic hydroxyl groups is 2. The van der Waals surface area contributed by atoms with E-state index in [2.05, 4.69) is 21.2 Å². The van der Waals surface area contributed by atoms with E-state index in [0.29, 0.717) is 15.8 Å². The average molecular weight is 323 g/mol. The third-order valence-electron chi connectivity index (χ3n) is 2.46. The molecule has 2 rings (SSSR count). The molecule has 5 nitrogen and oxygen atoms in total. The number of amides is 1. The van der Waals surface area contributed by atoms with Crippen molar-refractivity contribution < 1.29 is 15.0 Å². The third kappa shape index (κ3) is 2.97. The molecular formula is C13H11BrN2O3. The molecule has 0 saturated heterocycles. The molecule has 0 aliphatic heterocycles. The Morgan fingerprint density at radius 3 is 2.58 bits per heavy atom. The molecule has 0 spiro atoms. The van der Waals surface area contributed by atoms with Crippen molar-refractivity contribution in [3.63, 3.8) is 0 Å². The summed E-state index contributed by atoms with van der Waals surface area (Å²) in [5, 5.41) is 21.4. The molecular weight excluding hydrogens is 312 g/mol. The molecule has 0 aliphatic rings. The molecule has 0 aromatic heterocycles. The number of phenols is 2. The first-order valence-corrected chi connectivity index (χ1v) is 6.15. The van der Waals surface area contributed by atoms with E-state index < -0.39 is 5.91 Å². The van der Waals surface area contributed by atoms with Crippen molar-refractivity contribution in [3.8, 4) is 11.5 Å². The highest BCUT2D eigenvalue weighted by atomic mass is 79.9. The quantitative estimate of drug-likeness (QED) is 0.639. The molecule has 1 amide bonds. The number of carbonyl (C=O) groups is 1. The fourth-order valence-corrected chi connectivity index (χ4v) is 1.89. The highest BCUT2D eigenvalue weighted by Crippen LogP contribution is 2.27. The minimum absolute atomic E-state index is 0.0622. The molecule has 0 aliphatic carbocycles. The highest BCUT2D eigenvalue weighted by molar-refractivity contribution is 9.10. The molecule has 2 aromatic carbocycles. The molecule has 0 radical (unpaired) electrons. The molecule has 0 fully saturated rings. The lowest BCUT2D eigenvalue weighted by atomic mass is 10.1. The van der Waals surface area contributed by atoms with E-state index in [1.54, 1.807) is 18.2 Å². The van der Waals surface area contributed by atoms with Crippen LogP contribution in [0.4, 0.5) is 11.4 Å². The lowest BCUT2D eigenvalue weighted by molar-refractivity contribution is 0.102. The second-order valence-corrected chi connectivity index (χ2v) is 4.75. The standard InChI is InChI=1S/C13H11BrN2O3/c14-10-4-1-7(15)5-11(10)16-13(19)9-3-2-8(17)6-12(9)18/h1-6,17-18H,15H2,(H,16,19). The SMILES string of the molecule is Nc1ccc(Br)c(NC(=O)c2ccc(O)cc2O)c1. The van der Waals surface area contributed by atoms with Gasteiger partial charge in [-0.25, -0.2) is 0 Å². The number of nitrogens with two attached hydrogens (primary N) is 1. The molecule has 98 valence electrons. The normalized spacial score (nSPS) is 10.2. The van der Waals surface area contributed by atoms with Gasteiger partial charge in [0.15, 0.2) is 0 Å². The van der Waals surface area contributed by atoms with Crippen LogP contribution >= 0.6 is 15.9 Å². The smallest absolute Gasteiger partial charge is 0.259 e. The van der Waals surface area contributed by atoms with Crippen molar-refractivity contribution in [1.82, 2.24) is 0 Å². The second-order valence-electron chi connectivity index (χ2n) is 3.89. The number of hydrogen-bond acceptors (Lipinski definition) is 4. The second kappa shape index (κ2) is 5.19. The number of rotatable bonds is 2. The van der Waals surface area contributed by atoms with Crippen LogP contribution in [0.25, 0.3) is 0 Å². The Labute approximate surface area is 117 Å². The van der Waals surface area contributed by atoms with E-state index in [1.807, 2.05) is 0 Å². The van der Waals surface area contributed by atoms with Crippen LogP contribution in [0, 0.1) is 0 Å². The summed E-state index contributed by atoms with van der Waals surface area (Å²) < 4.78 is 0.674. The lowest BCUT2D eigenvalue weighted by Crippen LogP contribution is -2.12. The molecule has 0 bridgehead atoms. The van der Waals surface area contributed by atoms with Gasteiger partial charge in [-0.1, -0.05) is 0 Å². The first-order valence-electron chi connectivity index (χ1n) is 5.36. The number of phenolic OH excluding ortho intramolecular Hbond substituents is 2. The van der Waals surface area contributed by atoms with Crippen molar-refractivity contribution in [2.45, 2.75) is 0 Å². The van der Waals surface area contributed by atoms with Crippen LogP contribution in [0.15, 0.2) is 40.9 Å². The van der Waals surface area contributed by atoms with E-state index in [-0.39, 0.29) is 17.1 Å². The van der Waals surface area contributed by atoms with Crippen LogP contribution < -0.4 is 11.1 Å². The predicted octanol–water partition coefficient (Wildman–Crippen LogP) is 2.69. The number of hydrogen-bond donors (Lipinski definition) is 4. The summed E-state index contributed by atoms with van der Waals surface area (Å²) in [6.45, 7) is 0. The highest BCUT2D eigenvalue weighted by Gasteiger charge is 2.13. The number of carbonyl (C=O) groups excluding carboxylic acids is 1. The Hall–Kier alpha value is -2.21. The number of anilines is 2. The zero-order valence-electron chi connectivity index (χ0n) is 9.72. The summed E-state index contributed by atoms with van der Waals surface area (Å²) in [5.74, 6) is -0.902. The first-order chi connectivity index (χ1) is 8.97. The molecule has 0 atom stereocenters. The van der Waals surface area contributed by atoms with E-state index in [1.165, 1.54) is 12.1 Å². The monoisotopic (exact) mass is 322 g/mol. The van der Waals surface area contributed by atoms with Crippen LogP contribution in [0.5, 0.6) is 11.5 Å². The van der Waals surface area contributed by atoms with Gasteiger partial charge in [0, 0.05) is 16.2 Å². The van der Waals surface area contributed by atoms with Gasteiger partial charge in [-0.15, -0.1) is 0 Å². The van der Waals surface area contributed by atoms with Crippen molar-refractivity contribution >= 4 is 33.2 Å².